The zero-order valence-electron chi connectivity index (χ0n) is 10.5. The molecule has 0 saturated carbocycles. The van der Waals surface area contributed by atoms with Crippen LogP contribution in [0.15, 0.2) is 0 Å². The Morgan fingerprint density at radius 2 is 2.24 bits per heavy atom. The summed E-state index contributed by atoms with van der Waals surface area (Å²) < 4.78 is 3.76. The minimum atomic E-state index is -0.852. The lowest BCUT2D eigenvalue weighted by Gasteiger charge is -2.22. The van der Waals surface area contributed by atoms with Crippen molar-refractivity contribution in [2.45, 2.75) is 45.6 Å². The lowest BCUT2D eigenvalue weighted by atomic mass is 10.0. The molecule has 1 aromatic heterocycles. The molecule has 2 N–H and O–H groups in total. The van der Waals surface area contributed by atoms with Crippen LogP contribution in [-0.4, -0.2) is 32.7 Å². The summed E-state index contributed by atoms with van der Waals surface area (Å²) in [5, 5.41) is 16.6. The molecule has 1 heterocycles. The normalized spacial score (nSPS) is 14.4. The summed E-state index contributed by atoms with van der Waals surface area (Å²) in [5.41, 5.74) is -0.142. The molecule has 17 heavy (non-hydrogen) atoms. The monoisotopic (exact) mass is 257 g/mol. The van der Waals surface area contributed by atoms with E-state index in [-0.39, 0.29) is 12.5 Å². The maximum Gasteiger partial charge on any atom is 0.265 e. The van der Waals surface area contributed by atoms with Crippen LogP contribution in [0.25, 0.3) is 0 Å². The van der Waals surface area contributed by atoms with Gasteiger partial charge >= 0.3 is 0 Å². The van der Waals surface area contributed by atoms with Gasteiger partial charge in [-0.1, -0.05) is 24.8 Å². The molecular formula is C11H19N3O2S. The van der Waals surface area contributed by atoms with Crippen LogP contribution in [0.1, 0.15) is 49.0 Å². The Kier molecular flexibility index (Phi) is 5.02. The number of carbonyl (C=O) groups excluding carboxylic acids is 1. The quantitative estimate of drug-likeness (QED) is 0.807. The molecule has 1 rings (SSSR count). The minimum absolute atomic E-state index is 0.201. The number of hydrogen-bond donors (Lipinski definition) is 2. The third-order valence-electron chi connectivity index (χ3n) is 2.52. The third-order valence-corrected chi connectivity index (χ3v) is 3.28. The number of hydrogen-bond acceptors (Lipinski definition) is 5. The third kappa shape index (κ3) is 4.05. The number of aryl methyl sites for hydroxylation is 1. The summed E-state index contributed by atoms with van der Waals surface area (Å²) in [4.78, 5) is 12.4. The Labute approximate surface area is 105 Å². The van der Waals surface area contributed by atoms with Crippen molar-refractivity contribution in [1.82, 2.24) is 14.9 Å². The molecule has 1 atom stereocenters. The fourth-order valence-electron chi connectivity index (χ4n) is 1.59. The Morgan fingerprint density at radius 1 is 1.53 bits per heavy atom. The Bertz CT molecular complexity index is 377. The van der Waals surface area contributed by atoms with E-state index in [1.807, 2.05) is 13.8 Å². The molecule has 1 unspecified atom stereocenters. The summed E-state index contributed by atoms with van der Waals surface area (Å²) in [6, 6.07) is 0. The highest BCUT2D eigenvalue weighted by molar-refractivity contribution is 7.08. The molecule has 0 saturated heterocycles. The molecule has 96 valence electrons. The number of rotatable bonds is 6. The van der Waals surface area contributed by atoms with Gasteiger partial charge in [-0.3, -0.25) is 4.79 Å². The zero-order chi connectivity index (χ0) is 12.9. The van der Waals surface area contributed by atoms with Crippen molar-refractivity contribution in [1.29, 1.82) is 0 Å². The lowest BCUT2D eigenvalue weighted by molar-refractivity contribution is 0.0470. The molecule has 0 aliphatic carbocycles. The number of aromatic nitrogens is 2. The Morgan fingerprint density at radius 3 is 2.82 bits per heavy atom. The predicted molar refractivity (Wildman–Crippen MR) is 67.2 cm³/mol. The van der Waals surface area contributed by atoms with Gasteiger partial charge in [0.1, 0.15) is 4.88 Å². The van der Waals surface area contributed by atoms with Gasteiger partial charge in [0.25, 0.3) is 5.91 Å². The van der Waals surface area contributed by atoms with Crippen LogP contribution in [0.5, 0.6) is 0 Å². The van der Waals surface area contributed by atoms with Crippen molar-refractivity contribution in [3.8, 4) is 0 Å². The average Bonchev–Trinajstić information content (AvgIpc) is 2.74. The molecule has 1 amide bonds. The Hall–Kier alpha value is -1.01. The second-order valence-electron chi connectivity index (χ2n) is 4.33. The maximum absolute atomic E-state index is 11.8. The van der Waals surface area contributed by atoms with Crippen LogP contribution in [0.2, 0.25) is 0 Å². The van der Waals surface area contributed by atoms with Gasteiger partial charge in [-0.25, -0.2) is 0 Å². The Balaban J connectivity index is 2.56. The fourth-order valence-corrected chi connectivity index (χ4v) is 2.26. The van der Waals surface area contributed by atoms with Gasteiger partial charge in [-0.15, -0.1) is 5.10 Å². The van der Waals surface area contributed by atoms with Crippen LogP contribution < -0.4 is 5.32 Å². The van der Waals surface area contributed by atoms with E-state index in [0.717, 1.165) is 18.0 Å². The molecule has 0 aliphatic rings. The zero-order valence-corrected chi connectivity index (χ0v) is 11.3. The second-order valence-corrected chi connectivity index (χ2v) is 5.09. The van der Waals surface area contributed by atoms with Gasteiger partial charge in [0.15, 0.2) is 0 Å². The smallest absolute Gasteiger partial charge is 0.265 e. The number of nitrogens with zero attached hydrogens (tertiary/aromatic N) is 2. The van der Waals surface area contributed by atoms with E-state index in [1.54, 1.807) is 6.92 Å². The minimum Gasteiger partial charge on any atom is -0.388 e. The van der Waals surface area contributed by atoms with Crippen LogP contribution in [0, 0.1) is 0 Å². The summed E-state index contributed by atoms with van der Waals surface area (Å²) in [6.45, 7) is 5.91. The van der Waals surface area contributed by atoms with Gasteiger partial charge in [-0.2, -0.15) is 0 Å². The molecule has 0 radical (unpaired) electrons. The first-order chi connectivity index (χ1) is 8.00. The molecule has 6 heteroatoms. The van der Waals surface area contributed by atoms with E-state index < -0.39 is 5.60 Å². The maximum atomic E-state index is 11.8. The highest BCUT2D eigenvalue weighted by Crippen LogP contribution is 2.13. The van der Waals surface area contributed by atoms with E-state index >= 15 is 0 Å². The molecule has 0 bridgehead atoms. The molecule has 0 spiro atoms. The van der Waals surface area contributed by atoms with E-state index in [1.165, 1.54) is 0 Å². The van der Waals surface area contributed by atoms with Crippen LogP contribution >= 0.6 is 11.5 Å². The van der Waals surface area contributed by atoms with Crippen molar-refractivity contribution < 1.29 is 9.90 Å². The summed E-state index contributed by atoms with van der Waals surface area (Å²) in [7, 11) is 0. The molecule has 0 aromatic carbocycles. The van der Waals surface area contributed by atoms with Crippen molar-refractivity contribution in [2.24, 2.45) is 0 Å². The predicted octanol–water partition coefficient (Wildman–Crippen LogP) is 1.38. The van der Waals surface area contributed by atoms with Gasteiger partial charge in [0, 0.05) is 6.54 Å². The van der Waals surface area contributed by atoms with E-state index in [2.05, 4.69) is 14.9 Å². The summed E-state index contributed by atoms with van der Waals surface area (Å²) in [5.74, 6) is -0.201. The van der Waals surface area contributed by atoms with Gasteiger partial charge in [0.05, 0.1) is 11.3 Å². The van der Waals surface area contributed by atoms with Gasteiger partial charge in [-0.05, 0) is 31.3 Å². The van der Waals surface area contributed by atoms with E-state index in [9.17, 15) is 9.90 Å². The first kappa shape index (κ1) is 14.1. The molecule has 0 aliphatic heterocycles. The number of amides is 1. The second kappa shape index (κ2) is 6.07. The molecular weight excluding hydrogens is 238 g/mol. The van der Waals surface area contributed by atoms with E-state index in [4.69, 9.17) is 0 Å². The molecule has 5 nitrogen and oxygen atoms in total. The van der Waals surface area contributed by atoms with E-state index in [0.29, 0.717) is 23.4 Å². The van der Waals surface area contributed by atoms with Crippen LogP contribution in [-0.2, 0) is 6.42 Å². The average molecular weight is 257 g/mol. The van der Waals surface area contributed by atoms with Crippen molar-refractivity contribution >= 4 is 17.4 Å². The summed E-state index contributed by atoms with van der Waals surface area (Å²) in [6.07, 6.45) is 2.23. The number of nitrogens with one attached hydrogen (secondary N) is 1. The SMILES string of the molecule is CCCC(C)(O)CNC(=O)c1snnc1CC. The molecule has 1 aromatic rings. The topological polar surface area (TPSA) is 75.1 Å². The number of aliphatic hydroxyl groups is 1. The first-order valence-corrected chi connectivity index (χ1v) is 6.59. The van der Waals surface area contributed by atoms with Gasteiger partial charge < -0.3 is 10.4 Å². The lowest BCUT2D eigenvalue weighted by Crippen LogP contribution is -2.40. The first-order valence-electron chi connectivity index (χ1n) is 5.82. The standard InChI is InChI=1S/C11H19N3O2S/c1-4-6-11(3,16)7-12-10(15)9-8(5-2)13-14-17-9/h16H,4-7H2,1-3H3,(H,12,15). The largest absolute Gasteiger partial charge is 0.388 e. The highest BCUT2D eigenvalue weighted by Gasteiger charge is 2.22. The van der Waals surface area contributed by atoms with Crippen molar-refractivity contribution in [3.63, 3.8) is 0 Å². The summed E-state index contributed by atoms with van der Waals surface area (Å²) >= 11 is 1.09. The van der Waals surface area contributed by atoms with Crippen LogP contribution in [0.3, 0.4) is 0 Å². The van der Waals surface area contributed by atoms with Crippen LogP contribution in [0.4, 0.5) is 0 Å². The fraction of sp³-hybridized carbons (Fsp3) is 0.727. The van der Waals surface area contributed by atoms with Crippen molar-refractivity contribution in [2.75, 3.05) is 6.54 Å². The highest BCUT2D eigenvalue weighted by atomic mass is 32.1. The number of carbonyl (C=O) groups is 1. The van der Waals surface area contributed by atoms with Crippen molar-refractivity contribution in [3.05, 3.63) is 10.6 Å². The molecule has 0 fully saturated rings. The van der Waals surface area contributed by atoms with Gasteiger partial charge in [0.2, 0.25) is 0 Å².